The minimum Gasteiger partial charge on any atom is -0.508 e. The van der Waals surface area contributed by atoms with Crippen LogP contribution in [0.3, 0.4) is 0 Å². The van der Waals surface area contributed by atoms with E-state index in [1.807, 2.05) is 36.9 Å². The largest absolute Gasteiger partial charge is 0.508 e. The smallest absolute Gasteiger partial charge is 0.227 e. The van der Waals surface area contributed by atoms with Crippen LogP contribution in [-0.4, -0.2) is 27.6 Å². The Morgan fingerprint density at radius 1 is 1.41 bits per heavy atom. The minimum absolute atomic E-state index is 0.0206. The second kappa shape index (κ2) is 5.83. The Labute approximate surface area is 129 Å². The number of aromatic hydroxyl groups is 1. The molecule has 0 spiro atoms. The van der Waals surface area contributed by atoms with E-state index in [1.54, 1.807) is 6.07 Å². The lowest BCUT2D eigenvalue weighted by Crippen LogP contribution is -2.31. The quantitative estimate of drug-likeness (QED) is 0.946. The van der Waals surface area contributed by atoms with Gasteiger partial charge in [-0.2, -0.15) is 0 Å². The fraction of sp³-hybridized carbons (Fsp3) is 0.412. The van der Waals surface area contributed by atoms with Crippen molar-refractivity contribution in [3.05, 3.63) is 46.8 Å². The highest BCUT2D eigenvalue weighted by Crippen LogP contribution is 2.33. The van der Waals surface area contributed by atoms with Gasteiger partial charge in [0.2, 0.25) is 5.91 Å². The summed E-state index contributed by atoms with van der Waals surface area (Å²) in [5, 5.41) is 13.7. The van der Waals surface area contributed by atoms with Gasteiger partial charge in [0.25, 0.3) is 0 Å². The Kier molecular flexibility index (Phi) is 3.88. The van der Waals surface area contributed by atoms with Gasteiger partial charge < -0.3 is 14.5 Å². The molecule has 3 rings (SSSR count). The van der Waals surface area contributed by atoms with Gasteiger partial charge in [-0.3, -0.25) is 4.79 Å². The van der Waals surface area contributed by atoms with Crippen LogP contribution in [0.4, 0.5) is 0 Å². The lowest BCUT2D eigenvalue weighted by molar-refractivity contribution is -0.131. The molecule has 5 nitrogen and oxygen atoms in total. The first-order valence-electron chi connectivity index (χ1n) is 7.56. The average Bonchev–Trinajstić information content (AvgIpc) is 3.11. The third-order valence-electron chi connectivity index (χ3n) is 4.18. The number of aryl methyl sites for hydroxylation is 2. The Bertz CT molecular complexity index is 693. The number of aromatic nitrogens is 1. The van der Waals surface area contributed by atoms with E-state index in [0.717, 1.165) is 42.0 Å². The first kappa shape index (κ1) is 14.6. The van der Waals surface area contributed by atoms with Crippen LogP contribution in [0.15, 0.2) is 28.8 Å². The maximum absolute atomic E-state index is 12.6. The van der Waals surface area contributed by atoms with Crippen molar-refractivity contribution in [1.29, 1.82) is 0 Å². The van der Waals surface area contributed by atoms with Gasteiger partial charge in [0.15, 0.2) is 5.76 Å². The van der Waals surface area contributed by atoms with Crippen LogP contribution in [0.2, 0.25) is 0 Å². The lowest BCUT2D eigenvalue weighted by atomic mass is 10.1. The molecule has 1 aliphatic rings. The van der Waals surface area contributed by atoms with Crippen LogP contribution in [0.25, 0.3) is 0 Å². The van der Waals surface area contributed by atoms with Crippen molar-refractivity contribution in [2.24, 2.45) is 0 Å². The van der Waals surface area contributed by atoms with Crippen molar-refractivity contribution < 1.29 is 14.4 Å². The monoisotopic (exact) mass is 300 g/mol. The number of hydrogen-bond acceptors (Lipinski definition) is 4. The second-order valence-corrected chi connectivity index (χ2v) is 5.91. The number of benzene rings is 1. The van der Waals surface area contributed by atoms with Crippen molar-refractivity contribution in [2.75, 3.05) is 6.54 Å². The molecular weight excluding hydrogens is 280 g/mol. The number of phenols is 1. The Balaban J connectivity index is 1.74. The van der Waals surface area contributed by atoms with E-state index in [0.29, 0.717) is 0 Å². The summed E-state index contributed by atoms with van der Waals surface area (Å²) in [5.74, 6) is 1.05. The molecular formula is C17H20N2O3. The summed E-state index contributed by atoms with van der Waals surface area (Å²) < 4.78 is 5.33. The number of carbonyl (C=O) groups is 1. The molecule has 1 atom stereocenters. The molecule has 1 amide bonds. The molecule has 1 aromatic carbocycles. The maximum atomic E-state index is 12.6. The zero-order valence-corrected chi connectivity index (χ0v) is 12.9. The number of likely N-dealkylation sites (tertiary alicyclic amines) is 1. The van der Waals surface area contributed by atoms with E-state index < -0.39 is 0 Å². The summed E-state index contributed by atoms with van der Waals surface area (Å²) in [6.45, 7) is 4.45. The molecule has 1 aromatic heterocycles. The Morgan fingerprint density at radius 3 is 2.91 bits per heavy atom. The van der Waals surface area contributed by atoms with E-state index in [2.05, 4.69) is 5.16 Å². The van der Waals surface area contributed by atoms with E-state index in [9.17, 15) is 9.90 Å². The highest BCUT2D eigenvalue weighted by molar-refractivity contribution is 5.79. The van der Waals surface area contributed by atoms with Crippen LogP contribution >= 0.6 is 0 Å². The van der Waals surface area contributed by atoms with Gasteiger partial charge >= 0.3 is 0 Å². The number of hydrogen-bond donors (Lipinski definition) is 1. The van der Waals surface area contributed by atoms with Crippen molar-refractivity contribution in [3.8, 4) is 5.75 Å². The van der Waals surface area contributed by atoms with Crippen LogP contribution in [0, 0.1) is 13.8 Å². The Hall–Kier alpha value is -2.30. The number of phenolic OH excluding ortho intramolecular Hbond substituents is 1. The van der Waals surface area contributed by atoms with Crippen molar-refractivity contribution in [3.63, 3.8) is 0 Å². The summed E-state index contributed by atoms with van der Waals surface area (Å²) in [6, 6.07) is 7.26. The van der Waals surface area contributed by atoms with Crippen LogP contribution in [0.1, 0.15) is 41.5 Å². The highest BCUT2D eigenvalue weighted by atomic mass is 16.5. The zero-order chi connectivity index (χ0) is 15.7. The number of carbonyl (C=O) groups excluding carboxylic acids is 1. The average molecular weight is 300 g/mol. The SMILES string of the molecule is Cc1cc(C2CCCN2C(=O)Cc2ccc(C)c(O)c2)on1. The van der Waals surface area contributed by atoms with E-state index in [4.69, 9.17) is 4.52 Å². The van der Waals surface area contributed by atoms with Crippen molar-refractivity contribution in [2.45, 2.75) is 39.2 Å². The lowest BCUT2D eigenvalue weighted by Gasteiger charge is -2.22. The fourth-order valence-corrected chi connectivity index (χ4v) is 2.94. The Morgan fingerprint density at radius 2 is 2.23 bits per heavy atom. The molecule has 0 bridgehead atoms. The summed E-state index contributed by atoms with van der Waals surface area (Å²) in [7, 11) is 0. The van der Waals surface area contributed by atoms with Gasteiger partial charge in [0.05, 0.1) is 18.2 Å². The van der Waals surface area contributed by atoms with Gasteiger partial charge in [-0.25, -0.2) is 0 Å². The van der Waals surface area contributed by atoms with Crippen LogP contribution in [-0.2, 0) is 11.2 Å². The number of rotatable bonds is 3. The molecule has 0 saturated carbocycles. The fourth-order valence-electron chi connectivity index (χ4n) is 2.94. The van der Waals surface area contributed by atoms with Crippen molar-refractivity contribution in [1.82, 2.24) is 10.1 Å². The molecule has 116 valence electrons. The molecule has 1 aliphatic heterocycles. The van der Waals surface area contributed by atoms with E-state index in [1.165, 1.54) is 0 Å². The molecule has 1 fully saturated rings. The molecule has 1 N–H and O–H groups in total. The van der Waals surface area contributed by atoms with E-state index in [-0.39, 0.29) is 24.1 Å². The first-order valence-corrected chi connectivity index (χ1v) is 7.56. The molecule has 2 aromatic rings. The maximum Gasteiger partial charge on any atom is 0.227 e. The second-order valence-electron chi connectivity index (χ2n) is 5.91. The molecule has 0 aliphatic carbocycles. The highest BCUT2D eigenvalue weighted by Gasteiger charge is 2.32. The summed E-state index contributed by atoms with van der Waals surface area (Å²) in [4.78, 5) is 14.4. The van der Waals surface area contributed by atoms with E-state index >= 15 is 0 Å². The number of amides is 1. The van der Waals surface area contributed by atoms with Gasteiger partial charge in [0.1, 0.15) is 5.75 Å². The normalized spacial score (nSPS) is 17.9. The minimum atomic E-state index is -0.0206. The standard InChI is InChI=1S/C17H20N2O3/c1-11-5-6-13(9-15(11)20)10-17(21)19-7-3-4-14(19)16-8-12(2)18-22-16/h5-6,8-9,14,20H,3-4,7,10H2,1-2H3. The molecule has 2 heterocycles. The van der Waals surface area contributed by atoms with Crippen LogP contribution < -0.4 is 0 Å². The molecule has 1 unspecified atom stereocenters. The summed E-state index contributed by atoms with van der Waals surface area (Å²) in [5.41, 5.74) is 2.47. The summed E-state index contributed by atoms with van der Waals surface area (Å²) >= 11 is 0. The molecule has 22 heavy (non-hydrogen) atoms. The topological polar surface area (TPSA) is 66.6 Å². The first-order chi connectivity index (χ1) is 10.5. The van der Waals surface area contributed by atoms with Gasteiger partial charge in [-0.1, -0.05) is 17.3 Å². The summed E-state index contributed by atoms with van der Waals surface area (Å²) in [6.07, 6.45) is 2.16. The third kappa shape index (κ3) is 2.84. The van der Waals surface area contributed by atoms with Gasteiger partial charge in [-0.15, -0.1) is 0 Å². The third-order valence-corrected chi connectivity index (χ3v) is 4.18. The van der Waals surface area contributed by atoms with Crippen LogP contribution in [0.5, 0.6) is 5.75 Å². The molecule has 5 heteroatoms. The zero-order valence-electron chi connectivity index (χ0n) is 12.9. The van der Waals surface area contributed by atoms with Gasteiger partial charge in [-0.05, 0) is 43.9 Å². The predicted octanol–water partition coefficient (Wildman–Crippen LogP) is 2.90. The number of nitrogens with zero attached hydrogens (tertiary/aromatic N) is 2. The van der Waals surface area contributed by atoms with Gasteiger partial charge in [0, 0.05) is 12.6 Å². The van der Waals surface area contributed by atoms with Crippen molar-refractivity contribution >= 4 is 5.91 Å². The predicted molar refractivity (Wildman–Crippen MR) is 81.5 cm³/mol. The molecule has 1 saturated heterocycles. The molecule has 0 radical (unpaired) electrons.